The molecule has 25 heavy (non-hydrogen) atoms. The molecule has 0 atom stereocenters. The van der Waals surface area contributed by atoms with Gasteiger partial charge in [-0.25, -0.2) is 0 Å². The van der Waals surface area contributed by atoms with E-state index in [1.54, 1.807) is 17.0 Å². The van der Waals surface area contributed by atoms with Crippen LogP contribution in [0, 0.1) is 31.1 Å². The minimum atomic E-state index is 0.0691. The van der Waals surface area contributed by atoms with Gasteiger partial charge in [0.15, 0.2) is 0 Å². The first-order chi connectivity index (χ1) is 11.8. The smallest absolute Gasteiger partial charge is 0.227 e. The lowest BCUT2D eigenvalue weighted by atomic mass is 10.1. The zero-order valence-corrected chi connectivity index (χ0v) is 15.7. The molecule has 1 aromatic heterocycles. The van der Waals surface area contributed by atoms with E-state index in [0.717, 1.165) is 29.1 Å². The molecule has 0 aliphatic heterocycles. The Morgan fingerprint density at radius 1 is 1.28 bits per heavy atom. The SMILES string of the molecule is Cc1nn(CC(C)C)c(C)c1CC(=O)N(C)Cc1ccc(C#N)cc1. The van der Waals surface area contributed by atoms with Gasteiger partial charge in [-0.3, -0.25) is 9.48 Å². The number of hydrogen-bond acceptors (Lipinski definition) is 3. The second-order valence-corrected chi connectivity index (χ2v) is 6.96. The molecule has 0 fully saturated rings. The molecule has 132 valence electrons. The van der Waals surface area contributed by atoms with Crippen LogP contribution in [-0.2, 0) is 24.3 Å². The summed E-state index contributed by atoms with van der Waals surface area (Å²) in [5.74, 6) is 0.584. The van der Waals surface area contributed by atoms with E-state index < -0.39 is 0 Å². The van der Waals surface area contributed by atoms with Crippen LogP contribution >= 0.6 is 0 Å². The zero-order chi connectivity index (χ0) is 18.6. The number of likely N-dealkylation sites (N-methyl/N-ethyl adjacent to an activating group) is 1. The van der Waals surface area contributed by atoms with Crippen molar-refractivity contribution in [2.75, 3.05) is 7.05 Å². The van der Waals surface area contributed by atoms with Crippen molar-refractivity contribution in [3.05, 3.63) is 52.3 Å². The lowest BCUT2D eigenvalue weighted by Crippen LogP contribution is -2.28. The Labute approximate surface area is 149 Å². The minimum Gasteiger partial charge on any atom is -0.341 e. The maximum atomic E-state index is 12.6. The highest BCUT2D eigenvalue weighted by Crippen LogP contribution is 2.17. The van der Waals surface area contributed by atoms with Gasteiger partial charge in [0.25, 0.3) is 0 Å². The molecule has 0 aliphatic rings. The molecule has 5 heteroatoms. The van der Waals surface area contributed by atoms with Gasteiger partial charge in [0.1, 0.15) is 0 Å². The molecule has 0 saturated carbocycles. The van der Waals surface area contributed by atoms with Crippen molar-refractivity contribution >= 4 is 5.91 Å². The minimum absolute atomic E-state index is 0.0691. The first kappa shape index (κ1) is 18.7. The van der Waals surface area contributed by atoms with Gasteiger partial charge in [0, 0.05) is 31.4 Å². The molecule has 2 rings (SSSR count). The Bertz CT molecular complexity index is 781. The van der Waals surface area contributed by atoms with Gasteiger partial charge in [-0.1, -0.05) is 26.0 Å². The Kier molecular flexibility index (Phi) is 5.97. The highest BCUT2D eigenvalue weighted by molar-refractivity contribution is 5.79. The maximum absolute atomic E-state index is 12.6. The van der Waals surface area contributed by atoms with Crippen LogP contribution in [0.3, 0.4) is 0 Å². The number of amides is 1. The van der Waals surface area contributed by atoms with Crippen LogP contribution in [0.15, 0.2) is 24.3 Å². The third-order valence-corrected chi connectivity index (χ3v) is 4.33. The Hall–Kier alpha value is -2.61. The Balaban J connectivity index is 2.05. The third kappa shape index (κ3) is 4.69. The highest BCUT2D eigenvalue weighted by atomic mass is 16.2. The number of carbonyl (C=O) groups excluding carboxylic acids is 1. The summed E-state index contributed by atoms with van der Waals surface area (Å²) in [6, 6.07) is 9.43. The van der Waals surface area contributed by atoms with Crippen molar-refractivity contribution in [2.24, 2.45) is 5.92 Å². The second-order valence-electron chi connectivity index (χ2n) is 6.96. The average molecular weight is 338 g/mol. The number of benzene rings is 1. The highest BCUT2D eigenvalue weighted by Gasteiger charge is 2.18. The molecule has 0 saturated heterocycles. The summed E-state index contributed by atoms with van der Waals surface area (Å²) in [6.45, 7) is 9.71. The quantitative estimate of drug-likeness (QED) is 0.812. The van der Waals surface area contributed by atoms with Gasteiger partial charge in [-0.15, -0.1) is 0 Å². The summed E-state index contributed by atoms with van der Waals surface area (Å²) < 4.78 is 2.00. The standard InChI is InChI=1S/C20H26N4O/c1-14(2)12-24-16(4)19(15(3)22-24)10-20(25)23(5)13-18-8-6-17(11-21)7-9-18/h6-9,14H,10,12-13H2,1-5H3. The molecule has 0 spiro atoms. The first-order valence-electron chi connectivity index (χ1n) is 8.57. The third-order valence-electron chi connectivity index (χ3n) is 4.33. The van der Waals surface area contributed by atoms with Crippen molar-refractivity contribution in [1.82, 2.24) is 14.7 Å². The monoisotopic (exact) mass is 338 g/mol. The van der Waals surface area contributed by atoms with Gasteiger partial charge in [-0.05, 0) is 37.5 Å². The molecular formula is C20H26N4O. The van der Waals surface area contributed by atoms with Gasteiger partial charge < -0.3 is 4.90 Å². The van der Waals surface area contributed by atoms with E-state index in [9.17, 15) is 4.79 Å². The van der Waals surface area contributed by atoms with Crippen LogP contribution in [-0.4, -0.2) is 27.6 Å². The van der Waals surface area contributed by atoms with Crippen LogP contribution in [0.25, 0.3) is 0 Å². The van der Waals surface area contributed by atoms with Gasteiger partial charge in [-0.2, -0.15) is 10.4 Å². The van der Waals surface area contributed by atoms with Gasteiger partial charge in [0.2, 0.25) is 5.91 Å². The Morgan fingerprint density at radius 3 is 2.48 bits per heavy atom. The molecule has 1 heterocycles. The lowest BCUT2D eigenvalue weighted by Gasteiger charge is -2.17. The normalized spacial score (nSPS) is 10.8. The molecule has 0 unspecified atom stereocenters. The van der Waals surface area contributed by atoms with E-state index in [4.69, 9.17) is 5.26 Å². The topological polar surface area (TPSA) is 61.9 Å². The van der Waals surface area contributed by atoms with Gasteiger partial charge >= 0.3 is 0 Å². The number of nitriles is 1. The predicted molar refractivity (Wildman–Crippen MR) is 97.9 cm³/mol. The van der Waals surface area contributed by atoms with E-state index in [1.165, 1.54) is 0 Å². The molecule has 1 amide bonds. The van der Waals surface area contributed by atoms with Crippen molar-refractivity contribution in [1.29, 1.82) is 5.26 Å². The average Bonchev–Trinajstić information content (AvgIpc) is 2.82. The second kappa shape index (κ2) is 7.98. The zero-order valence-electron chi connectivity index (χ0n) is 15.7. The Morgan fingerprint density at radius 2 is 1.92 bits per heavy atom. The summed E-state index contributed by atoms with van der Waals surface area (Å²) in [7, 11) is 1.81. The lowest BCUT2D eigenvalue weighted by molar-refractivity contribution is -0.129. The molecule has 0 bridgehead atoms. The van der Waals surface area contributed by atoms with E-state index in [-0.39, 0.29) is 5.91 Å². The van der Waals surface area contributed by atoms with E-state index in [2.05, 4.69) is 25.0 Å². The first-order valence-corrected chi connectivity index (χ1v) is 8.57. The van der Waals surface area contributed by atoms with Crippen LogP contribution in [0.5, 0.6) is 0 Å². The predicted octanol–water partition coefficient (Wildman–Crippen LogP) is 3.23. The van der Waals surface area contributed by atoms with E-state index >= 15 is 0 Å². The van der Waals surface area contributed by atoms with Crippen molar-refractivity contribution in [3.8, 4) is 6.07 Å². The number of nitrogens with zero attached hydrogens (tertiary/aromatic N) is 4. The van der Waals surface area contributed by atoms with Crippen molar-refractivity contribution in [2.45, 2.75) is 47.2 Å². The molecule has 0 radical (unpaired) electrons. The van der Waals surface area contributed by atoms with Crippen LogP contribution < -0.4 is 0 Å². The number of aromatic nitrogens is 2. The van der Waals surface area contributed by atoms with Gasteiger partial charge in [0.05, 0.1) is 23.7 Å². The summed E-state index contributed by atoms with van der Waals surface area (Å²) in [5, 5.41) is 13.4. The number of carbonyl (C=O) groups is 1. The largest absolute Gasteiger partial charge is 0.341 e. The number of hydrogen-bond donors (Lipinski definition) is 0. The summed E-state index contributed by atoms with van der Waals surface area (Å²) in [6.07, 6.45) is 0.364. The molecule has 5 nitrogen and oxygen atoms in total. The summed E-state index contributed by atoms with van der Waals surface area (Å²) in [4.78, 5) is 14.3. The van der Waals surface area contributed by atoms with Crippen molar-refractivity contribution in [3.63, 3.8) is 0 Å². The maximum Gasteiger partial charge on any atom is 0.227 e. The van der Waals surface area contributed by atoms with Crippen LogP contribution in [0.1, 0.15) is 41.9 Å². The van der Waals surface area contributed by atoms with Crippen LogP contribution in [0.2, 0.25) is 0 Å². The summed E-state index contributed by atoms with van der Waals surface area (Å²) >= 11 is 0. The van der Waals surface area contributed by atoms with Crippen molar-refractivity contribution < 1.29 is 4.79 Å². The van der Waals surface area contributed by atoms with E-state index in [1.807, 2.05) is 37.7 Å². The fourth-order valence-electron chi connectivity index (χ4n) is 2.85. The fraction of sp³-hybridized carbons (Fsp3) is 0.450. The summed E-state index contributed by atoms with van der Waals surface area (Å²) in [5.41, 5.74) is 4.67. The molecule has 1 aromatic carbocycles. The molecular weight excluding hydrogens is 312 g/mol. The molecule has 0 aliphatic carbocycles. The number of aryl methyl sites for hydroxylation is 1. The van der Waals surface area contributed by atoms with Crippen LogP contribution in [0.4, 0.5) is 0 Å². The van der Waals surface area contributed by atoms with E-state index in [0.29, 0.717) is 24.4 Å². The number of rotatable bonds is 6. The fourth-order valence-corrected chi connectivity index (χ4v) is 2.85. The molecule has 2 aromatic rings. The molecule has 0 N–H and O–H groups in total.